The van der Waals surface area contributed by atoms with Gasteiger partial charge in [0.15, 0.2) is 15.7 Å². The standard InChI is InChI=1S/C14H15N7O2S/c1-21-7-9(6-19-21)10-3-4-16-14(13(10)24(2,22)23)20-12-5-11(15)17-8-18-12/h3-8H,1-2H3,(H3,15,16,17,18,20). The Morgan fingerprint density at radius 3 is 2.67 bits per heavy atom. The van der Waals surface area contributed by atoms with Crippen molar-refractivity contribution in [2.45, 2.75) is 4.90 Å². The minimum Gasteiger partial charge on any atom is -0.384 e. The van der Waals surface area contributed by atoms with Crippen LogP contribution in [-0.4, -0.2) is 39.4 Å². The number of aryl methyl sites for hydroxylation is 1. The molecular weight excluding hydrogens is 330 g/mol. The minimum atomic E-state index is -3.57. The number of nitrogens with zero attached hydrogens (tertiary/aromatic N) is 5. The van der Waals surface area contributed by atoms with Crippen molar-refractivity contribution in [3.8, 4) is 11.1 Å². The van der Waals surface area contributed by atoms with E-state index in [0.717, 1.165) is 6.26 Å². The third kappa shape index (κ3) is 3.18. The van der Waals surface area contributed by atoms with Crippen LogP contribution in [0.5, 0.6) is 0 Å². The molecule has 3 aromatic heterocycles. The second-order valence-corrected chi connectivity index (χ2v) is 7.12. The van der Waals surface area contributed by atoms with Crippen molar-refractivity contribution in [1.29, 1.82) is 0 Å². The highest BCUT2D eigenvalue weighted by atomic mass is 32.2. The maximum absolute atomic E-state index is 12.3. The van der Waals surface area contributed by atoms with Gasteiger partial charge < -0.3 is 11.1 Å². The summed E-state index contributed by atoms with van der Waals surface area (Å²) in [5.74, 6) is 0.775. The molecule has 0 aliphatic heterocycles. The van der Waals surface area contributed by atoms with Crippen molar-refractivity contribution in [3.05, 3.63) is 37.1 Å². The van der Waals surface area contributed by atoms with Crippen LogP contribution in [0.25, 0.3) is 11.1 Å². The summed E-state index contributed by atoms with van der Waals surface area (Å²) < 4.78 is 26.3. The van der Waals surface area contributed by atoms with E-state index in [2.05, 4.69) is 25.4 Å². The van der Waals surface area contributed by atoms with Gasteiger partial charge in [0.2, 0.25) is 0 Å². The van der Waals surface area contributed by atoms with Crippen LogP contribution in [0.15, 0.2) is 41.9 Å². The summed E-state index contributed by atoms with van der Waals surface area (Å²) in [4.78, 5) is 12.0. The molecule has 0 aromatic carbocycles. The smallest absolute Gasteiger partial charge is 0.179 e. The van der Waals surface area contributed by atoms with Crippen molar-refractivity contribution in [1.82, 2.24) is 24.7 Å². The van der Waals surface area contributed by atoms with E-state index < -0.39 is 9.84 Å². The number of anilines is 3. The molecule has 0 saturated heterocycles. The molecule has 0 amide bonds. The van der Waals surface area contributed by atoms with Crippen LogP contribution in [0.1, 0.15) is 0 Å². The summed E-state index contributed by atoms with van der Waals surface area (Å²) in [6.07, 6.45) is 7.25. The topological polar surface area (TPSA) is 129 Å². The lowest BCUT2D eigenvalue weighted by Gasteiger charge is -2.12. The molecule has 0 atom stereocenters. The van der Waals surface area contributed by atoms with E-state index in [0.29, 0.717) is 16.9 Å². The van der Waals surface area contributed by atoms with Gasteiger partial charge in [0, 0.05) is 42.9 Å². The fourth-order valence-corrected chi connectivity index (χ4v) is 3.30. The van der Waals surface area contributed by atoms with Crippen LogP contribution in [0.4, 0.5) is 17.5 Å². The summed E-state index contributed by atoms with van der Waals surface area (Å²) in [6, 6.07) is 3.12. The number of hydrogen-bond donors (Lipinski definition) is 2. The molecule has 3 heterocycles. The van der Waals surface area contributed by atoms with Crippen molar-refractivity contribution in [2.24, 2.45) is 7.05 Å². The Bertz CT molecular complexity index is 998. The SMILES string of the molecule is Cn1cc(-c2ccnc(Nc3cc(N)ncn3)c2S(C)(=O)=O)cn1. The first kappa shape index (κ1) is 15.9. The van der Waals surface area contributed by atoms with E-state index in [-0.39, 0.29) is 16.5 Å². The van der Waals surface area contributed by atoms with Crippen molar-refractivity contribution in [3.63, 3.8) is 0 Å². The van der Waals surface area contributed by atoms with Crippen LogP contribution in [-0.2, 0) is 16.9 Å². The van der Waals surface area contributed by atoms with E-state index in [1.54, 1.807) is 30.2 Å². The van der Waals surface area contributed by atoms with Gasteiger partial charge in [0.05, 0.1) is 6.20 Å². The Kier molecular flexibility index (Phi) is 3.89. The zero-order chi connectivity index (χ0) is 17.3. The lowest BCUT2D eigenvalue weighted by Crippen LogP contribution is -2.08. The average molecular weight is 345 g/mol. The maximum Gasteiger partial charge on any atom is 0.179 e. The maximum atomic E-state index is 12.3. The molecule has 0 fully saturated rings. The van der Waals surface area contributed by atoms with Crippen LogP contribution < -0.4 is 11.1 Å². The van der Waals surface area contributed by atoms with Gasteiger partial charge in [0.1, 0.15) is 22.9 Å². The number of hydrogen-bond acceptors (Lipinski definition) is 8. The van der Waals surface area contributed by atoms with E-state index in [4.69, 9.17) is 5.73 Å². The van der Waals surface area contributed by atoms with Gasteiger partial charge in [-0.05, 0) is 6.07 Å². The highest BCUT2D eigenvalue weighted by Crippen LogP contribution is 2.32. The third-order valence-electron chi connectivity index (χ3n) is 3.23. The van der Waals surface area contributed by atoms with Crippen LogP contribution >= 0.6 is 0 Å². The predicted octanol–water partition coefficient (Wildman–Crippen LogP) is 1.00. The minimum absolute atomic E-state index is 0.0650. The van der Waals surface area contributed by atoms with Gasteiger partial charge in [-0.15, -0.1) is 0 Å². The lowest BCUT2D eigenvalue weighted by atomic mass is 10.1. The molecule has 24 heavy (non-hydrogen) atoms. The molecule has 3 aromatic rings. The molecule has 0 spiro atoms. The van der Waals surface area contributed by atoms with E-state index in [9.17, 15) is 8.42 Å². The fourth-order valence-electron chi connectivity index (χ4n) is 2.26. The Hall–Kier alpha value is -3.01. The molecule has 0 aliphatic rings. The first-order valence-electron chi connectivity index (χ1n) is 6.87. The third-order valence-corrected chi connectivity index (χ3v) is 4.38. The second kappa shape index (κ2) is 5.89. The fraction of sp³-hybridized carbons (Fsp3) is 0.143. The summed E-state index contributed by atoms with van der Waals surface area (Å²) in [7, 11) is -1.81. The number of pyridine rings is 1. The van der Waals surface area contributed by atoms with Crippen LogP contribution in [0, 0.1) is 0 Å². The van der Waals surface area contributed by atoms with Gasteiger partial charge in [0.25, 0.3) is 0 Å². The quantitative estimate of drug-likeness (QED) is 0.716. The molecule has 9 nitrogen and oxygen atoms in total. The van der Waals surface area contributed by atoms with E-state index in [1.165, 1.54) is 18.6 Å². The molecule has 3 rings (SSSR count). The highest BCUT2D eigenvalue weighted by molar-refractivity contribution is 7.91. The number of sulfone groups is 1. The molecule has 0 aliphatic carbocycles. The molecule has 0 radical (unpaired) electrons. The first-order chi connectivity index (χ1) is 11.3. The number of aromatic nitrogens is 5. The molecule has 0 bridgehead atoms. The molecule has 10 heteroatoms. The van der Waals surface area contributed by atoms with Gasteiger partial charge in [-0.1, -0.05) is 0 Å². The second-order valence-electron chi connectivity index (χ2n) is 5.16. The summed E-state index contributed by atoms with van der Waals surface area (Å²) >= 11 is 0. The van der Waals surface area contributed by atoms with E-state index in [1.807, 2.05) is 0 Å². The molecule has 3 N–H and O–H groups in total. The van der Waals surface area contributed by atoms with Gasteiger partial charge in [-0.3, -0.25) is 4.68 Å². The lowest BCUT2D eigenvalue weighted by molar-refractivity contribution is 0.602. The molecule has 124 valence electrons. The highest BCUT2D eigenvalue weighted by Gasteiger charge is 2.22. The number of rotatable bonds is 4. The predicted molar refractivity (Wildman–Crippen MR) is 89.3 cm³/mol. The number of nitrogens with one attached hydrogen (secondary N) is 1. The molecule has 0 unspecified atom stereocenters. The Balaban J connectivity index is 2.16. The van der Waals surface area contributed by atoms with Crippen molar-refractivity contribution < 1.29 is 8.42 Å². The molecule has 0 saturated carbocycles. The zero-order valence-electron chi connectivity index (χ0n) is 13.0. The van der Waals surface area contributed by atoms with Gasteiger partial charge in [-0.25, -0.2) is 23.4 Å². The van der Waals surface area contributed by atoms with Gasteiger partial charge in [-0.2, -0.15) is 5.10 Å². The Morgan fingerprint density at radius 1 is 1.25 bits per heavy atom. The number of nitrogen functional groups attached to an aromatic ring is 1. The zero-order valence-corrected chi connectivity index (χ0v) is 13.8. The van der Waals surface area contributed by atoms with Crippen molar-refractivity contribution >= 4 is 27.3 Å². The van der Waals surface area contributed by atoms with Crippen LogP contribution in [0.3, 0.4) is 0 Å². The number of nitrogens with two attached hydrogens (primary N) is 1. The Labute approximate surface area is 138 Å². The largest absolute Gasteiger partial charge is 0.384 e. The summed E-state index contributed by atoms with van der Waals surface area (Å²) in [6.45, 7) is 0. The monoisotopic (exact) mass is 345 g/mol. The van der Waals surface area contributed by atoms with Gasteiger partial charge >= 0.3 is 0 Å². The molecular formula is C14H15N7O2S. The normalized spacial score (nSPS) is 11.4. The average Bonchev–Trinajstić information content (AvgIpc) is 2.92. The summed E-state index contributed by atoms with van der Waals surface area (Å²) in [5, 5.41) is 6.97. The summed E-state index contributed by atoms with van der Waals surface area (Å²) in [5.41, 5.74) is 6.80. The van der Waals surface area contributed by atoms with E-state index >= 15 is 0 Å². The Morgan fingerprint density at radius 2 is 2.04 bits per heavy atom. The van der Waals surface area contributed by atoms with Crippen molar-refractivity contribution in [2.75, 3.05) is 17.3 Å². The first-order valence-corrected chi connectivity index (χ1v) is 8.76. The van der Waals surface area contributed by atoms with Crippen LogP contribution in [0.2, 0.25) is 0 Å².